The largest absolute Gasteiger partial charge is 0.256 e. The van der Waals surface area contributed by atoms with Crippen molar-refractivity contribution < 1.29 is 0 Å². The van der Waals surface area contributed by atoms with Gasteiger partial charge in [0.15, 0.2) is 0 Å². The third kappa shape index (κ3) is 1.69. The highest BCUT2D eigenvalue weighted by Crippen LogP contribution is 2.33. The quantitative estimate of drug-likeness (QED) is 0.572. The minimum absolute atomic E-state index is 0.0561. The number of hydrogen-bond acceptors (Lipinski definition) is 1. The fourth-order valence-corrected chi connectivity index (χ4v) is 3.10. The van der Waals surface area contributed by atoms with Crippen molar-refractivity contribution in [1.82, 2.24) is 4.31 Å². The minimum Gasteiger partial charge on any atom is -0.256 e. The Hall–Kier alpha value is -0.600. The van der Waals surface area contributed by atoms with E-state index < -0.39 is 0 Å². The molecule has 0 radical (unpaired) electrons. The maximum atomic E-state index is 4.23. The summed E-state index contributed by atoms with van der Waals surface area (Å²) in [5, 5.41) is 0. The van der Waals surface area contributed by atoms with Gasteiger partial charge in [0.25, 0.3) is 0 Å². The summed E-state index contributed by atoms with van der Waals surface area (Å²) in [4.78, 5) is 1.43. The van der Waals surface area contributed by atoms with Gasteiger partial charge in [0.2, 0.25) is 0 Å². The van der Waals surface area contributed by atoms with Crippen molar-refractivity contribution >= 4 is 16.5 Å². The smallest absolute Gasteiger partial charge is 0.0186 e. The van der Waals surface area contributed by atoms with Gasteiger partial charge in [-0.15, -0.1) is 0 Å². The highest BCUT2D eigenvalue weighted by atomic mass is 32.2. The Morgan fingerprint density at radius 1 is 1.38 bits per heavy atom. The third-order valence-electron chi connectivity index (χ3n) is 2.52. The van der Waals surface area contributed by atoms with Crippen molar-refractivity contribution in [2.45, 2.75) is 17.7 Å². The van der Waals surface area contributed by atoms with Gasteiger partial charge >= 0.3 is 0 Å². The lowest BCUT2D eigenvalue weighted by Gasteiger charge is -2.18. The number of rotatable bonds is 0. The highest BCUT2D eigenvalue weighted by molar-refractivity contribution is 8.12. The van der Waals surface area contributed by atoms with E-state index >= 15 is 0 Å². The molecule has 0 spiro atoms. The van der Waals surface area contributed by atoms with E-state index in [1.807, 2.05) is 0 Å². The Morgan fingerprint density at radius 2 is 2.15 bits per heavy atom. The van der Waals surface area contributed by atoms with Crippen molar-refractivity contribution in [2.75, 3.05) is 13.6 Å². The highest BCUT2D eigenvalue weighted by Gasteiger charge is 2.12. The van der Waals surface area contributed by atoms with Crippen LogP contribution in [0.15, 0.2) is 29.2 Å². The van der Waals surface area contributed by atoms with Gasteiger partial charge in [-0.1, -0.05) is 34.7 Å². The Balaban J connectivity index is 2.46. The van der Waals surface area contributed by atoms with E-state index in [2.05, 4.69) is 41.5 Å². The average Bonchev–Trinajstić information content (AvgIpc) is 2.29. The van der Waals surface area contributed by atoms with Crippen LogP contribution in [0.25, 0.3) is 0 Å². The predicted molar refractivity (Wildman–Crippen MR) is 60.4 cm³/mol. The van der Waals surface area contributed by atoms with Crippen LogP contribution in [0.4, 0.5) is 0 Å². The summed E-state index contributed by atoms with van der Waals surface area (Å²) in [6.45, 7) is 1.17. The van der Waals surface area contributed by atoms with Gasteiger partial charge in [-0.25, -0.2) is 0 Å². The first-order valence-electron chi connectivity index (χ1n) is 4.62. The standard InChI is InChI=1S/C11H15NS/c1-12-9-5-7-10-6-3-4-8-11(10)13(12)2/h3-4,6,8H,2,5,7,9H2,1H3. The molecule has 1 aromatic carbocycles. The summed E-state index contributed by atoms with van der Waals surface area (Å²) < 4.78 is 2.35. The molecule has 0 amide bonds. The van der Waals surface area contributed by atoms with Crippen LogP contribution in [0.5, 0.6) is 0 Å². The van der Waals surface area contributed by atoms with Gasteiger partial charge in [-0.2, -0.15) is 0 Å². The summed E-state index contributed by atoms with van der Waals surface area (Å²) in [7, 11) is 2.22. The van der Waals surface area contributed by atoms with Crippen LogP contribution in [0.1, 0.15) is 12.0 Å². The molecule has 2 rings (SSSR count). The van der Waals surface area contributed by atoms with Crippen molar-refractivity contribution in [3.63, 3.8) is 0 Å². The van der Waals surface area contributed by atoms with E-state index in [4.69, 9.17) is 0 Å². The molecule has 70 valence electrons. The Bertz CT molecular complexity index is 333. The van der Waals surface area contributed by atoms with Crippen LogP contribution < -0.4 is 0 Å². The first kappa shape index (κ1) is 8.97. The summed E-state index contributed by atoms with van der Waals surface area (Å²) in [6.07, 6.45) is 2.46. The molecule has 2 heteroatoms. The van der Waals surface area contributed by atoms with Crippen LogP contribution in [0.2, 0.25) is 0 Å². The number of aryl methyl sites for hydroxylation is 1. The van der Waals surface area contributed by atoms with Crippen molar-refractivity contribution in [3.8, 4) is 0 Å². The van der Waals surface area contributed by atoms with Crippen LogP contribution in [0.3, 0.4) is 0 Å². The fourth-order valence-electron chi connectivity index (χ4n) is 1.71. The van der Waals surface area contributed by atoms with E-state index in [-0.39, 0.29) is 10.7 Å². The molecule has 1 unspecified atom stereocenters. The summed E-state index contributed by atoms with van der Waals surface area (Å²) in [5.41, 5.74) is 1.49. The van der Waals surface area contributed by atoms with E-state index in [0.717, 1.165) is 0 Å². The molecule has 0 N–H and O–H groups in total. The van der Waals surface area contributed by atoms with E-state index in [1.54, 1.807) is 0 Å². The van der Waals surface area contributed by atoms with Crippen molar-refractivity contribution in [2.24, 2.45) is 0 Å². The molecule has 1 aliphatic rings. The first-order valence-corrected chi connectivity index (χ1v) is 5.97. The van der Waals surface area contributed by atoms with Crippen LogP contribution in [-0.2, 0) is 6.42 Å². The summed E-state index contributed by atoms with van der Waals surface area (Å²) in [6, 6.07) is 8.69. The van der Waals surface area contributed by atoms with E-state index in [1.165, 1.54) is 29.8 Å². The topological polar surface area (TPSA) is 3.24 Å². The molecule has 13 heavy (non-hydrogen) atoms. The normalized spacial score (nSPS) is 23.6. The lowest BCUT2D eigenvalue weighted by molar-refractivity contribution is 0.549. The lowest BCUT2D eigenvalue weighted by atomic mass is 10.1. The SMILES string of the molecule is C=S1c2ccccc2CCCN1C. The molecule has 0 aliphatic carbocycles. The average molecular weight is 193 g/mol. The molecule has 1 nitrogen and oxygen atoms in total. The number of hydrogen-bond donors (Lipinski definition) is 0. The maximum Gasteiger partial charge on any atom is 0.0186 e. The van der Waals surface area contributed by atoms with Crippen molar-refractivity contribution in [1.29, 1.82) is 0 Å². The molecule has 0 aromatic heterocycles. The molecule has 1 heterocycles. The van der Waals surface area contributed by atoms with E-state index in [9.17, 15) is 0 Å². The predicted octanol–water partition coefficient (Wildman–Crippen LogP) is 2.54. The minimum atomic E-state index is 0.0561. The molecule has 0 bridgehead atoms. The molecule has 0 saturated heterocycles. The number of fused-ring (bicyclic) bond motifs is 1. The van der Waals surface area contributed by atoms with Crippen LogP contribution in [-0.4, -0.2) is 23.8 Å². The molecular weight excluding hydrogens is 178 g/mol. The maximum absolute atomic E-state index is 4.23. The molecule has 1 aromatic rings. The van der Waals surface area contributed by atoms with E-state index in [0.29, 0.717) is 0 Å². The first-order chi connectivity index (χ1) is 6.29. The summed E-state index contributed by atoms with van der Waals surface area (Å²) >= 11 is 0. The Kier molecular flexibility index (Phi) is 2.51. The second kappa shape index (κ2) is 3.64. The number of benzene rings is 1. The Labute approximate surface area is 82.4 Å². The zero-order chi connectivity index (χ0) is 9.26. The third-order valence-corrected chi connectivity index (χ3v) is 4.36. The molecular formula is C11H15NS. The Morgan fingerprint density at radius 3 is 3.00 bits per heavy atom. The van der Waals surface area contributed by atoms with Gasteiger partial charge in [0, 0.05) is 11.4 Å². The second-order valence-corrected chi connectivity index (χ2v) is 5.22. The molecule has 0 saturated carbocycles. The van der Waals surface area contributed by atoms with Gasteiger partial charge in [-0.3, -0.25) is 4.31 Å². The van der Waals surface area contributed by atoms with Crippen molar-refractivity contribution in [3.05, 3.63) is 29.8 Å². The van der Waals surface area contributed by atoms with Crippen LogP contribution >= 0.6 is 10.7 Å². The lowest BCUT2D eigenvalue weighted by Crippen LogP contribution is -2.10. The number of nitrogens with zero attached hydrogens (tertiary/aromatic N) is 1. The zero-order valence-corrected chi connectivity index (χ0v) is 8.81. The zero-order valence-electron chi connectivity index (χ0n) is 7.99. The molecule has 0 fully saturated rings. The van der Waals surface area contributed by atoms with Gasteiger partial charge in [-0.05, 0) is 31.5 Å². The van der Waals surface area contributed by atoms with Gasteiger partial charge in [0.05, 0.1) is 0 Å². The van der Waals surface area contributed by atoms with Crippen LogP contribution in [0, 0.1) is 0 Å². The second-order valence-electron chi connectivity index (χ2n) is 3.43. The monoisotopic (exact) mass is 193 g/mol. The molecule has 1 aliphatic heterocycles. The summed E-state index contributed by atoms with van der Waals surface area (Å²) in [5.74, 6) is 4.23. The molecule has 1 atom stereocenters. The van der Waals surface area contributed by atoms with Gasteiger partial charge in [0.1, 0.15) is 0 Å². The fraction of sp³-hybridized carbons (Fsp3) is 0.364. The van der Waals surface area contributed by atoms with Gasteiger partial charge < -0.3 is 0 Å².